The van der Waals surface area contributed by atoms with Gasteiger partial charge in [0, 0.05) is 8.07 Å². The van der Waals surface area contributed by atoms with Crippen molar-refractivity contribution in [3.8, 4) is 0 Å². The Morgan fingerprint density at radius 1 is 1.00 bits per heavy atom. The van der Waals surface area contributed by atoms with Crippen LogP contribution in [0.15, 0.2) is 0 Å². The average molecular weight is 248 g/mol. The third kappa shape index (κ3) is 5.66. The average Bonchev–Trinajstić information content (AvgIpc) is 1.95. The molecule has 0 rings (SSSR count). The van der Waals surface area contributed by atoms with Gasteiger partial charge in [-0.25, -0.2) is 0 Å². The topological polar surface area (TPSA) is 0 Å². The maximum Gasteiger partial charge on any atom is 2.00 e. The monoisotopic (exact) mass is 246 g/mol. The van der Waals surface area contributed by atoms with Crippen molar-refractivity contribution in [3.63, 3.8) is 0 Å². The van der Waals surface area contributed by atoms with Gasteiger partial charge in [0.2, 0.25) is 0 Å². The maximum atomic E-state index is 4.03. The van der Waals surface area contributed by atoms with Crippen LogP contribution >= 0.6 is 0 Å². The second-order valence-corrected chi connectivity index (χ2v) is 8.43. The van der Waals surface area contributed by atoms with Crippen molar-refractivity contribution < 1.29 is 17.0 Å². The van der Waals surface area contributed by atoms with Crippen LogP contribution in [0.1, 0.15) is 20.8 Å². The summed E-state index contributed by atoms with van der Waals surface area (Å²) in [5, 5.41) is 0. The minimum atomic E-state index is -0.802. The van der Waals surface area contributed by atoms with E-state index >= 15 is 0 Å². The summed E-state index contributed by atoms with van der Waals surface area (Å²) in [4.78, 5) is 0. The number of hydrogen-bond acceptors (Lipinski definition) is 0. The number of halogens is 1. The van der Waals surface area contributed by atoms with Crippen molar-refractivity contribution in [1.82, 2.24) is 0 Å². The molecule has 64 valence electrons. The molecule has 0 saturated heterocycles. The van der Waals surface area contributed by atoms with Crippen LogP contribution in [0.25, 0.3) is 0 Å². The van der Waals surface area contributed by atoms with E-state index < -0.39 is 8.07 Å². The van der Waals surface area contributed by atoms with Gasteiger partial charge in [-0.15, -0.1) is 0 Å². The Hall–Kier alpha value is 1.46. The Labute approximate surface area is 99.5 Å². The van der Waals surface area contributed by atoms with E-state index in [4.69, 9.17) is 0 Å². The molecular formula is C8H19BrMgSi. The van der Waals surface area contributed by atoms with Crippen LogP contribution < -0.4 is 17.0 Å². The summed E-state index contributed by atoms with van der Waals surface area (Å²) in [5.74, 6) is 0. The van der Waals surface area contributed by atoms with Gasteiger partial charge in [0.1, 0.15) is 0 Å². The third-order valence-electron chi connectivity index (χ3n) is 2.78. The molecule has 0 aromatic heterocycles. The Bertz CT molecular complexity index is 57.0. The fraction of sp³-hybridized carbons (Fsp3) is 0.875. The van der Waals surface area contributed by atoms with Crippen molar-refractivity contribution in [3.05, 3.63) is 6.92 Å². The number of rotatable bonds is 4. The molecule has 0 radical (unpaired) electrons. The summed E-state index contributed by atoms with van der Waals surface area (Å²) < 4.78 is 0. The van der Waals surface area contributed by atoms with E-state index in [1.807, 2.05) is 0 Å². The van der Waals surface area contributed by atoms with Crippen LogP contribution in [-0.2, 0) is 0 Å². The molecule has 0 nitrogen and oxygen atoms in total. The van der Waals surface area contributed by atoms with Crippen molar-refractivity contribution in [2.75, 3.05) is 0 Å². The van der Waals surface area contributed by atoms with E-state index in [1.54, 1.807) is 0 Å². The zero-order valence-corrected chi connectivity index (χ0v) is 12.1. The second kappa shape index (κ2) is 9.55. The first-order valence-corrected chi connectivity index (χ1v) is 6.86. The number of hydrogen-bond donors (Lipinski definition) is 0. The largest absolute Gasteiger partial charge is 2.00 e. The molecule has 0 unspecified atom stereocenters. The van der Waals surface area contributed by atoms with E-state index in [9.17, 15) is 0 Å². The smallest absolute Gasteiger partial charge is 1.00 e. The Morgan fingerprint density at radius 3 is 1.27 bits per heavy atom. The molecule has 0 aliphatic carbocycles. The zero-order chi connectivity index (χ0) is 7.33. The van der Waals surface area contributed by atoms with Gasteiger partial charge < -0.3 is 23.9 Å². The molecule has 0 atom stereocenters. The second-order valence-electron chi connectivity index (χ2n) is 2.81. The molecule has 3 heteroatoms. The molecular weight excluding hydrogens is 228 g/mol. The standard InChI is InChI=1S/C8H19Si.BrH.Mg/c1-5-9(6-2,7-3)8-4;;/h1,5-8H2,2-4H3;1H;/q-1;;+2/p-1. The van der Waals surface area contributed by atoms with Gasteiger partial charge in [0.15, 0.2) is 0 Å². The molecule has 0 bridgehead atoms. The summed E-state index contributed by atoms with van der Waals surface area (Å²) >= 11 is 0. The first-order valence-electron chi connectivity index (χ1n) is 4.04. The van der Waals surface area contributed by atoms with Gasteiger partial charge in [-0.3, -0.25) is 0 Å². The van der Waals surface area contributed by atoms with Crippen molar-refractivity contribution in [1.29, 1.82) is 0 Å². The molecule has 0 aliphatic heterocycles. The van der Waals surface area contributed by atoms with E-state index in [-0.39, 0.29) is 40.0 Å². The van der Waals surface area contributed by atoms with Gasteiger partial charge >= 0.3 is 23.1 Å². The van der Waals surface area contributed by atoms with Gasteiger partial charge in [-0.05, 0) is 0 Å². The third-order valence-corrected chi connectivity index (χ3v) is 8.34. The van der Waals surface area contributed by atoms with Crippen LogP contribution in [-0.4, -0.2) is 31.1 Å². The first kappa shape index (κ1) is 18.3. The molecule has 11 heavy (non-hydrogen) atoms. The zero-order valence-electron chi connectivity index (χ0n) is 8.12. The van der Waals surface area contributed by atoms with Crippen LogP contribution in [0, 0.1) is 6.92 Å². The molecule has 0 aromatic rings. The summed E-state index contributed by atoms with van der Waals surface area (Å²) in [6.07, 6.45) is 0. The van der Waals surface area contributed by atoms with Crippen molar-refractivity contribution in [2.24, 2.45) is 0 Å². The quantitative estimate of drug-likeness (QED) is 0.483. The van der Waals surface area contributed by atoms with Gasteiger partial charge in [-0.2, -0.15) is 6.04 Å². The first-order chi connectivity index (χ1) is 4.24. The summed E-state index contributed by atoms with van der Waals surface area (Å²) in [6.45, 7) is 11.0. The van der Waals surface area contributed by atoms with Gasteiger partial charge in [0.05, 0.1) is 0 Å². The molecule has 0 spiro atoms. The Morgan fingerprint density at radius 2 is 1.27 bits per heavy atom. The predicted molar refractivity (Wildman–Crippen MR) is 53.1 cm³/mol. The molecule has 0 aromatic carbocycles. The molecule has 0 saturated carbocycles. The summed E-state index contributed by atoms with van der Waals surface area (Å²) in [7, 11) is -0.802. The summed E-state index contributed by atoms with van der Waals surface area (Å²) in [5.41, 5.74) is 0. The van der Waals surface area contributed by atoms with Crippen LogP contribution in [0.3, 0.4) is 0 Å². The predicted octanol–water partition coefficient (Wildman–Crippen LogP) is -0.0478. The fourth-order valence-corrected chi connectivity index (χ4v) is 3.84. The molecule has 0 fully saturated rings. The van der Waals surface area contributed by atoms with Crippen molar-refractivity contribution >= 4 is 31.1 Å². The molecule has 0 aliphatic rings. The summed E-state index contributed by atoms with van der Waals surface area (Å²) in [6, 6.07) is 5.49. The van der Waals surface area contributed by atoms with E-state index in [0.717, 1.165) is 0 Å². The normalized spacial score (nSPS) is 9.82. The van der Waals surface area contributed by atoms with E-state index in [0.29, 0.717) is 0 Å². The molecule has 0 heterocycles. The Kier molecular flexibility index (Phi) is 15.9. The van der Waals surface area contributed by atoms with Gasteiger partial charge in [-0.1, -0.05) is 38.9 Å². The van der Waals surface area contributed by atoms with E-state index in [1.165, 1.54) is 24.2 Å². The SMILES string of the molecule is [Br-].[CH2-]C[Si](CC)(CC)CC.[Mg+2]. The minimum Gasteiger partial charge on any atom is -1.00 e. The maximum absolute atomic E-state index is 4.03. The molecule has 0 N–H and O–H groups in total. The molecule has 0 amide bonds. The van der Waals surface area contributed by atoms with E-state index in [2.05, 4.69) is 27.7 Å². The fourth-order valence-electron chi connectivity index (χ4n) is 1.28. The van der Waals surface area contributed by atoms with Crippen molar-refractivity contribution in [2.45, 2.75) is 44.9 Å². The van der Waals surface area contributed by atoms with Gasteiger partial charge in [0.25, 0.3) is 0 Å². The van der Waals surface area contributed by atoms with Crippen LogP contribution in [0.5, 0.6) is 0 Å². The Balaban J connectivity index is -0.000000320. The van der Waals surface area contributed by atoms with Crippen LogP contribution in [0.2, 0.25) is 24.2 Å². The minimum absolute atomic E-state index is 0. The van der Waals surface area contributed by atoms with Crippen LogP contribution in [0.4, 0.5) is 0 Å².